The van der Waals surface area contributed by atoms with Gasteiger partial charge in [-0.15, -0.1) is 0 Å². The van der Waals surface area contributed by atoms with E-state index in [2.05, 4.69) is 3.53 Å². The summed E-state index contributed by atoms with van der Waals surface area (Å²) in [4.78, 5) is 0. The van der Waals surface area contributed by atoms with E-state index in [1.54, 1.807) is 12.1 Å². The maximum absolute atomic E-state index is 13.0. The third kappa shape index (κ3) is 2.09. The molecule has 0 bridgehead atoms. The first kappa shape index (κ1) is 9.79. The molecule has 1 aromatic rings. The Morgan fingerprint density at radius 2 is 2.09 bits per heavy atom. The van der Waals surface area contributed by atoms with Gasteiger partial charge in [-0.25, -0.2) is 4.39 Å². The van der Waals surface area contributed by atoms with Crippen molar-refractivity contribution in [1.29, 1.82) is 0 Å². The van der Waals surface area contributed by atoms with Crippen LogP contribution in [0.1, 0.15) is 0 Å². The quantitative estimate of drug-likeness (QED) is 0.431. The molecule has 0 unspecified atom stereocenters. The summed E-state index contributed by atoms with van der Waals surface area (Å²) in [6.07, 6.45) is 0. The molecule has 1 N–H and O–H groups in total. The molecular formula is C6H3ClFI2N. The van der Waals surface area contributed by atoms with Crippen LogP contribution in [0.4, 0.5) is 10.1 Å². The number of rotatable bonds is 1. The molecular weight excluding hydrogens is 394 g/mol. The molecule has 0 aliphatic heterocycles. The molecule has 5 heteroatoms. The lowest BCUT2D eigenvalue weighted by Gasteiger charge is -2.02. The topological polar surface area (TPSA) is 12.0 Å². The first-order valence-electron chi connectivity index (χ1n) is 2.67. The largest absolute Gasteiger partial charge is 0.327 e. The number of benzene rings is 1. The van der Waals surface area contributed by atoms with E-state index in [1.165, 1.54) is 0 Å². The average Bonchev–Trinajstić information content (AvgIpc) is 2.01. The summed E-state index contributed by atoms with van der Waals surface area (Å²) >= 11 is 9.45. The fourth-order valence-electron chi connectivity index (χ4n) is 0.599. The molecule has 1 nitrogen and oxygen atoms in total. The lowest BCUT2D eigenvalue weighted by molar-refractivity contribution is 0.621. The van der Waals surface area contributed by atoms with Crippen molar-refractivity contribution in [3.63, 3.8) is 0 Å². The van der Waals surface area contributed by atoms with Crippen molar-refractivity contribution in [3.8, 4) is 0 Å². The first-order chi connectivity index (χ1) is 5.16. The van der Waals surface area contributed by atoms with E-state index < -0.39 is 0 Å². The standard InChI is InChI=1S/C6H3ClFI2N/c7-5-4(11-10)2-1-3(9)6(5)8/h1-2,11H. The third-order valence-electron chi connectivity index (χ3n) is 1.14. The van der Waals surface area contributed by atoms with Crippen LogP contribution in [0.5, 0.6) is 0 Å². The Morgan fingerprint density at radius 1 is 1.45 bits per heavy atom. The summed E-state index contributed by atoms with van der Waals surface area (Å²) in [5.74, 6) is -0.367. The van der Waals surface area contributed by atoms with Crippen molar-refractivity contribution >= 4 is 62.7 Å². The van der Waals surface area contributed by atoms with Crippen LogP contribution < -0.4 is 3.53 Å². The molecule has 60 valence electrons. The fourth-order valence-corrected chi connectivity index (χ4v) is 2.03. The minimum atomic E-state index is -0.367. The van der Waals surface area contributed by atoms with E-state index >= 15 is 0 Å². The van der Waals surface area contributed by atoms with E-state index in [-0.39, 0.29) is 10.8 Å². The molecule has 0 spiro atoms. The molecule has 0 aliphatic carbocycles. The zero-order chi connectivity index (χ0) is 8.43. The van der Waals surface area contributed by atoms with Crippen LogP contribution in [0.3, 0.4) is 0 Å². The maximum atomic E-state index is 13.0. The second kappa shape index (κ2) is 4.08. The summed E-state index contributed by atoms with van der Waals surface area (Å²) < 4.78 is 16.3. The second-order valence-corrected chi connectivity index (χ2v) is 3.90. The van der Waals surface area contributed by atoms with Crippen molar-refractivity contribution in [3.05, 3.63) is 26.5 Å². The highest BCUT2D eigenvalue weighted by Gasteiger charge is 2.07. The first-order valence-corrected chi connectivity index (χ1v) is 5.20. The Balaban J connectivity index is 3.25. The predicted octanol–water partition coefficient (Wildman–Crippen LogP) is 3.85. The molecule has 0 radical (unpaired) electrons. The highest BCUT2D eigenvalue weighted by atomic mass is 127. The number of hydrogen-bond donors (Lipinski definition) is 1. The Kier molecular flexibility index (Phi) is 3.63. The third-order valence-corrected chi connectivity index (χ3v) is 2.92. The molecule has 1 rings (SSSR count). The number of hydrogen-bond acceptors (Lipinski definition) is 1. The van der Waals surface area contributed by atoms with Gasteiger partial charge in [-0.3, -0.25) is 0 Å². The Labute approximate surface area is 96.3 Å². The van der Waals surface area contributed by atoms with Crippen molar-refractivity contribution in [2.24, 2.45) is 0 Å². The minimum Gasteiger partial charge on any atom is -0.327 e. The Bertz CT molecular complexity index is 280. The van der Waals surface area contributed by atoms with Crippen molar-refractivity contribution in [2.45, 2.75) is 0 Å². The Morgan fingerprint density at radius 3 is 2.64 bits per heavy atom. The smallest absolute Gasteiger partial charge is 0.157 e. The van der Waals surface area contributed by atoms with Gasteiger partial charge in [-0.05, 0) is 34.7 Å². The number of halogens is 4. The highest BCUT2D eigenvalue weighted by Crippen LogP contribution is 2.28. The highest BCUT2D eigenvalue weighted by molar-refractivity contribution is 14.1. The van der Waals surface area contributed by atoms with Gasteiger partial charge in [-0.1, -0.05) is 11.6 Å². The number of anilines is 1. The molecule has 0 aromatic heterocycles. The van der Waals surface area contributed by atoms with Gasteiger partial charge in [0.1, 0.15) is 5.02 Å². The van der Waals surface area contributed by atoms with Crippen LogP contribution in [0.15, 0.2) is 12.1 Å². The van der Waals surface area contributed by atoms with Crippen molar-refractivity contribution in [1.82, 2.24) is 0 Å². The van der Waals surface area contributed by atoms with Gasteiger partial charge in [0.15, 0.2) is 5.82 Å². The normalized spacial score (nSPS) is 9.82. The van der Waals surface area contributed by atoms with E-state index in [4.69, 9.17) is 11.6 Å². The van der Waals surface area contributed by atoms with E-state index in [1.807, 2.05) is 45.5 Å². The SMILES string of the molecule is Fc1c(I)ccc(NI)c1Cl. The van der Waals surface area contributed by atoms with Crippen LogP contribution >= 0.6 is 57.1 Å². The van der Waals surface area contributed by atoms with E-state index in [0.717, 1.165) is 0 Å². The summed E-state index contributed by atoms with van der Waals surface area (Å²) in [6.45, 7) is 0. The van der Waals surface area contributed by atoms with Gasteiger partial charge in [0, 0.05) is 0 Å². The molecule has 1 aromatic carbocycles. The van der Waals surface area contributed by atoms with Crippen LogP contribution in [-0.4, -0.2) is 0 Å². The Hall–Kier alpha value is 0.700. The molecule has 0 fully saturated rings. The molecule has 0 aliphatic rings. The minimum absolute atomic E-state index is 0.145. The van der Waals surface area contributed by atoms with Crippen molar-refractivity contribution < 1.29 is 4.39 Å². The van der Waals surface area contributed by atoms with Crippen molar-refractivity contribution in [2.75, 3.05) is 3.53 Å². The van der Waals surface area contributed by atoms with Crippen LogP contribution in [-0.2, 0) is 0 Å². The van der Waals surface area contributed by atoms with Gasteiger partial charge >= 0.3 is 0 Å². The van der Waals surface area contributed by atoms with E-state index in [0.29, 0.717) is 9.26 Å². The van der Waals surface area contributed by atoms with Gasteiger partial charge in [-0.2, -0.15) is 0 Å². The summed E-state index contributed by atoms with van der Waals surface area (Å²) in [5.41, 5.74) is 0.602. The monoisotopic (exact) mass is 397 g/mol. The molecule has 11 heavy (non-hydrogen) atoms. The van der Waals surface area contributed by atoms with Gasteiger partial charge in [0.2, 0.25) is 0 Å². The molecule has 0 saturated carbocycles. The number of nitrogens with one attached hydrogen (secondary N) is 1. The average molecular weight is 397 g/mol. The lowest BCUT2D eigenvalue weighted by atomic mass is 10.3. The van der Waals surface area contributed by atoms with E-state index in [9.17, 15) is 4.39 Å². The molecule has 0 saturated heterocycles. The van der Waals surface area contributed by atoms with Gasteiger partial charge in [0.05, 0.1) is 32.1 Å². The maximum Gasteiger partial charge on any atom is 0.157 e. The zero-order valence-corrected chi connectivity index (χ0v) is 10.2. The van der Waals surface area contributed by atoms with Gasteiger partial charge in [0.25, 0.3) is 0 Å². The van der Waals surface area contributed by atoms with Crippen LogP contribution in [0.25, 0.3) is 0 Å². The predicted molar refractivity (Wildman–Crippen MR) is 61.8 cm³/mol. The summed E-state index contributed by atoms with van der Waals surface area (Å²) in [5, 5.41) is 0.145. The summed E-state index contributed by atoms with van der Waals surface area (Å²) in [7, 11) is 0. The van der Waals surface area contributed by atoms with Gasteiger partial charge < -0.3 is 3.53 Å². The zero-order valence-electron chi connectivity index (χ0n) is 5.17. The fraction of sp³-hybridized carbons (Fsp3) is 0. The molecule has 0 amide bonds. The summed E-state index contributed by atoms with van der Waals surface area (Å²) in [6, 6.07) is 3.41. The van der Waals surface area contributed by atoms with Crippen LogP contribution in [0, 0.1) is 9.39 Å². The lowest BCUT2D eigenvalue weighted by Crippen LogP contribution is -1.88. The van der Waals surface area contributed by atoms with Crippen LogP contribution in [0.2, 0.25) is 5.02 Å². The molecule has 0 heterocycles. The molecule has 0 atom stereocenters. The second-order valence-electron chi connectivity index (χ2n) is 1.82.